The molecule has 0 radical (unpaired) electrons. The van der Waals surface area contributed by atoms with Gasteiger partial charge in [-0.25, -0.2) is 0 Å². The molecule has 0 aliphatic carbocycles. The van der Waals surface area contributed by atoms with E-state index in [2.05, 4.69) is 37.4 Å². The molecule has 1 aliphatic heterocycles. The van der Waals surface area contributed by atoms with E-state index in [0.717, 1.165) is 19.4 Å². The maximum absolute atomic E-state index is 5.46. The lowest BCUT2D eigenvalue weighted by Crippen LogP contribution is -2.23. The van der Waals surface area contributed by atoms with Crippen LogP contribution in [0.5, 0.6) is 0 Å². The highest BCUT2D eigenvalue weighted by atomic mass is 16.5. The van der Waals surface area contributed by atoms with E-state index in [9.17, 15) is 0 Å². The van der Waals surface area contributed by atoms with E-state index in [0.29, 0.717) is 0 Å². The summed E-state index contributed by atoms with van der Waals surface area (Å²) in [5.74, 6) is 0. The Labute approximate surface area is 104 Å². The summed E-state index contributed by atoms with van der Waals surface area (Å²) in [7, 11) is 1.79. The average molecular weight is 233 g/mol. The number of hydrogen-bond donors (Lipinski definition) is 1. The van der Waals surface area contributed by atoms with Crippen LogP contribution in [0.3, 0.4) is 0 Å². The van der Waals surface area contributed by atoms with E-state index in [-0.39, 0.29) is 5.60 Å². The molecule has 17 heavy (non-hydrogen) atoms. The molecule has 1 N–H and O–H groups in total. The first-order valence-corrected chi connectivity index (χ1v) is 6.51. The average Bonchev–Trinajstić information content (AvgIpc) is 2.36. The van der Waals surface area contributed by atoms with Gasteiger partial charge in [0.25, 0.3) is 0 Å². The molecule has 0 atom stereocenters. The number of nitrogens with one attached hydrogen (secondary N) is 1. The molecule has 0 fully saturated rings. The Balaban J connectivity index is 2.02. The van der Waals surface area contributed by atoms with Crippen molar-refractivity contribution >= 4 is 5.69 Å². The molecule has 0 bridgehead atoms. The van der Waals surface area contributed by atoms with Crippen LogP contribution < -0.4 is 5.32 Å². The molecule has 0 unspecified atom stereocenters. The second kappa shape index (κ2) is 5.09. The molecule has 1 aliphatic rings. The SMILES string of the molecule is COC(C)(C)CCc1ccc2c(c1)NCCC2. The van der Waals surface area contributed by atoms with Crippen molar-refractivity contribution in [1.29, 1.82) is 0 Å². The van der Waals surface area contributed by atoms with E-state index in [1.807, 2.05) is 0 Å². The Morgan fingerprint density at radius 3 is 2.94 bits per heavy atom. The molecule has 2 nitrogen and oxygen atoms in total. The quantitative estimate of drug-likeness (QED) is 0.860. The van der Waals surface area contributed by atoms with Gasteiger partial charge in [-0.1, -0.05) is 12.1 Å². The largest absolute Gasteiger partial charge is 0.385 e. The Bertz CT molecular complexity index is 385. The Kier molecular flexibility index (Phi) is 3.72. The molecule has 1 aromatic rings. The molecule has 0 spiro atoms. The zero-order valence-corrected chi connectivity index (χ0v) is 11.2. The van der Waals surface area contributed by atoms with Gasteiger partial charge in [0.05, 0.1) is 5.60 Å². The van der Waals surface area contributed by atoms with Crippen molar-refractivity contribution in [2.24, 2.45) is 0 Å². The van der Waals surface area contributed by atoms with Crippen LogP contribution in [0, 0.1) is 0 Å². The van der Waals surface area contributed by atoms with Gasteiger partial charge in [-0.3, -0.25) is 0 Å². The maximum Gasteiger partial charge on any atom is 0.0625 e. The van der Waals surface area contributed by atoms with Crippen molar-refractivity contribution in [1.82, 2.24) is 0 Å². The van der Waals surface area contributed by atoms with Crippen LogP contribution in [0.25, 0.3) is 0 Å². The van der Waals surface area contributed by atoms with Crippen LogP contribution >= 0.6 is 0 Å². The van der Waals surface area contributed by atoms with Gasteiger partial charge in [-0.15, -0.1) is 0 Å². The molecule has 0 aromatic heterocycles. The fourth-order valence-corrected chi connectivity index (χ4v) is 2.21. The van der Waals surface area contributed by atoms with E-state index in [1.54, 1.807) is 7.11 Å². The number of benzene rings is 1. The summed E-state index contributed by atoms with van der Waals surface area (Å²) in [4.78, 5) is 0. The first kappa shape index (κ1) is 12.4. The van der Waals surface area contributed by atoms with Crippen molar-refractivity contribution in [2.45, 2.75) is 45.1 Å². The molecule has 1 aromatic carbocycles. The zero-order valence-electron chi connectivity index (χ0n) is 11.2. The van der Waals surface area contributed by atoms with Crippen LogP contribution in [0.4, 0.5) is 5.69 Å². The Morgan fingerprint density at radius 2 is 2.18 bits per heavy atom. The summed E-state index contributed by atoms with van der Waals surface area (Å²) in [6.45, 7) is 5.40. The number of aryl methyl sites for hydroxylation is 2. The van der Waals surface area contributed by atoms with Gasteiger partial charge in [0.15, 0.2) is 0 Å². The molecule has 94 valence electrons. The molecule has 2 heteroatoms. The molecule has 1 heterocycles. The van der Waals surface area contributed by atoms with Crippen molar-refractivity contribution in [3.8, 4) is 0 Å². The minimum Gasteiger partial charge on any atom is -0.385 e. The topological polar surface area (TPSA) is 21.3 Å². The fourth-order valence-electron chi connectivity index (χ4n) is 2.21. The van der Waals surface area contributed by atoms with Crippen molar-refractivity contribution in [3.63, 3.8) is 0 Å². The highest BCUT2D eigenvalue weighted by molar-refractivity contribution is 5.54. The number of fused-ring (bicyclic) bond motifs is 1. The Hall–Kier alpha value is -1.02. The third kappa shape index (κ3) is 3.22. The summed E-state index contributed by atoms with van der Waals surface area (Å²) in [5.41, 5.74) is 4.18. The van der Waals surface area contributed by atoms with Gasteiger partial charge in [-0.2, -0.15) is 0 Å². The lowest BCUT2D eigenvalue weighted by Gasteiger charge is -2.23. The van der Waals surface area contributed by atoms with E-state index >= 15 is 0 Å². The van der Waals surface area contributed by atoms with Gasteiger partial charge < -0.3 is 10.1 Å². The smallest absolute Gasteiger partial charge is 0.0625 e. The second-order valence-electron chi connectivity index (χ2n) is 5.49. The minimum absolute atomic E-state index is 0.0245. The summed E-state index contributed by atoms with van der Waals surface area (Å²) in [6, 6.07) is 6.84. The molecule has 0 amide bonds. The number of methoxy groups -OCH3 is 1. The van der Waals surface area contributed by atoms with E-state index in [4.69, 9.17) is 4.74 Å². The second-order valence-corrected chi connectivity index (χ2v) is 5.49. The van der Waals surface area contributed by atoms with Gasteiger partial charge >= 0.3 is 0 Å². The van der Waals surface area contributed by atoms with Crippen molar-refractivity contribution in [2.75, 3.05) is 19.0 Å². The number of ether oxygens (including phenoxy) is 1. The highest BCUT2D eigenvalue weighted by Crippen LogP contribution is 2.25. The predicted molar refractivity (Wildman–Crippen MR) is 72.7 cm³/mol. The third-order valence-corrected chi connectivity index (χ3v) is 3.68. The lowest BCUT2D eigenvalue weighted by atomic mass is 9.95. The summed E-state index contributed by atoms with van der Waals surface area (Å²) in [5, 5.41) is 3.48. The fraction of sp³-hybridized carbons (Fsp3) is 0.600. The first-order valence-electron chi connectivity index (χ1n) is 6.51. The molecular weight excluding hydrogens is 210 g/mol. The van der Waals surface area contributed by atoms with Crippen LogP contribution in [-0.4, -0.2) is 19.3 Å². The van der Waals surface area contributed by atoms with E-state index in [1.165, 1.54) is 29.7 Å². The first-order chi connectivity index (χ1) is 8.11. The van der Waals surface area contributed by atoms with Crippen molar-refractivity contribution < 1.29 is 4.74 Å². The van der Waals surface area contributed by atoms with Crippen LogP contribution in [0.2, 0.25) is 0 Å². The van der Waals surface area contributed by atoms with E-state index < -0.39 is 0 Å². The van der Waals surface area contributed by atoms with Crippen LogP contribution in [0.15, 0.2) is 18.2 Å². The maximum atomic E-state index is 5.46. The zero-order chi connectivity index (χ0) is 12.3. The van der Waals surface area contributed by atoms with Gasteiger partial charge in [0, 0.05) is 19.3 Å². The summed E-state index contributed by atoms with van der Waals surface area (Å²) < 4.78 is 5.46. The van der Waals surface area contributed by atoms with Crippen molar-refractivity contribution in [3.05, 3.63) is 29.3 Å². The normalized spacial score (nSPS) is 15.2. The predicted octanol–water partition coefficient (Wildman–Crippen LogP) is 3.40. The minimum atomic E-state index is -0.0245. The number of rotatable bonds is 4. The molecular formula is C15H23NO. The Morgan fingerprint density at radius 1 is 1.35 bits per heavy atom. The van der Waals surface area contributed by atoms with Gasteiger partial charge in [0.2, 0.25) is 0 Å². The number of anilines is 1. The molecule has 2 rings (SSSR count). The third-order valence-electron chi connectivity index (χ3n) is 3.68. The van der Waals surface area contributed by atoms with Crippen LogP contribution in [-0.2, 0) is 17.6 Å². The van der Waals surface area contributed by atoms with Gasteiger partial charge in [-0.05, 0) is 56.7 Å². The number of hydrogen-bond acceptors (Lipinski definition) is 2. The highest BCUT2D eigenvalue weighted by Gasteiger charge is 2.16. The molecule has 0 saturated heterocycles. The monoisotopic (exact) mass is 233 g/mol. The summed E-state index contributed by atoms with van der Waals surface area (Å²) >= 11 is 0. The van der Waals surface area contributed by atoms with Crippen LogP contribution in [0.1, 0.15) is 37.8 Å². The standard InChI is InChI=1S/C15H23NO/c1-15(2,17-3)9-8-12-6-7-13-5-4-10-16-14(13)11-12/h6-7,11,16H,4-5,8-10H2,1-3H3. The molecule has 0 saturated carbocycles. The van der Waals surface area contributed by atoms with Gasteiger partial charge in [0.1, 0.15) is 0 Å². The lowest BCUT2D eigenvalue weighted by molar-refractivity contribution is 0.0158. The summed E-state index contributed by atoms with van der Waals surface area (Å²) in [6.07, 6.45) is 4.60.